The molecule has 1 N–H and O–H groups in total. The zero-order chi connectivity index (χ0) is 20.0. The maximum absolute atomic E-state index is 11.8. The Kier molecular flexibility index (Phi) is 6.17. The molecule has 1 heterocycles. The second-order valence-electron chi connectivity index (χ2n) is 6.30. The number of carbonyl (C=O) groups is 1. The third-order valence-electron chi connectivity index (χ3n) is 3.07. The van der Waals surface area contributed by atoms with Gasteiger partial charge in [0.05, 0.1) is 26.5 Å². The number of aromatic carboxylic acids is 1. The summed E-state index contributed by atoms with van der Waals surface area (Å²) < 4.78 is 15.7. The summed E-state index contributed by atoms with van der Waals surface area (Å²) in [5, 5.41) is 13.5. The van der Waals surface area contributed by atoms with E-state index >= 15 is 0 Å². The Labute approximate surface area is 156 Å². The molecule has 0 atom stereocenters. The third kappa shape index (κ3) is 5.56. The molecular weight excluding hydrogens is 354 g/mol. The average molecular weight is 375 g/mol. The first-order valence-electron chi connectivity index (χ1n) is 7.96. The zero-order valence-corrected chi connectivity index (χ0v) is 15.7. The number of carboxylic acid groups (broad SMARTS) is 1. The van der Waals surface area contributed by atoms with Crippen LogP contribution in [-0.4, -0.2) is 47.1 Å². The van der Waals surface area contributed by atoms with Crippen molar-refractivity contribution >= 4 is 12.2 Å². The molecular formula is C18H21N3O6. The number of ether oxygens (including phenoxy) is 3. The molecule has 0 fully saturated rings. The normalized spacial score (nSPS) is 11.3. The van der Waals surface area contributed by atoms with Gasteiger partial charge in [0.25, 0.3) is 0 Å². The van der Waals surface area contributed by atoms with Gasteiger partial charge in [-0.25, -0.2) is 4.79 Å². The summed E-state index contributed by atoms with van der Waals surface area (Å²) >= 11 is 0. The van der Waals surface area contributed by atoms with Crippen molar-refractivity contribution in [3.8, 4) is 23.5 Å². The van der Waals surface area contributed by atoms with E-state index in [1.54, 1.807) is 12.1 Å². The standard InChI is InChI=1S/C18H21N3O6/c1-18(2,3)27-19-10-11-7-6-8-12(15(11)16(22)23)26-17-20-13(24-4)9-14(21-17)25-5/h6-10H,1-5H3,(H,22,23)/b19-10+. The van der Waals surface area contributed by atoms with Gasteiger partial charge in [0.15, 0.2) is 0 Å². The molecule has 27 heavy (non-hydrogen) atoms. The maximum Gasteiger partial charge on any atom is 0.340 e. The topological polar surface area (TPSA) is 112 Å². The van der Waals surface area contributed by atoms with Crippen LogP contribution in [0.25, 0.3) is 0 Å². The number of carboxylic acids is 1. The van der Waals surface area contributed by atoms with Crippen molar-refractivity contribution in [3.63, 3.8) is 0 Å². The van der Waals surface area contributed by atoms with Gasteiger partial charge in [-0.05, 0) is 26.8 Å². The summed E-state index contributed by atoms with van der Waals surface area (Å²) in [6, 6.07) is 6.04. The molecule has 0 saturated carbocycles. The van der Waals surface area contributed by atoms with Crippen LogP contribution >= 0.6 is 0 Å². The minimum atomic E-state index is -1.20. The molecule has 2 rings (SSSR count). The molecule has 0 amide bonds. The number of aromatic nitrogens is 2. The number of nitrogens with zero attached hydrogens (tertiary/aromatic N) is 3. The lowest BCUT2D eigenvalue weighted by Gasteiger charge is -2.15. The van der Waals surface area contributed by atoms with Crippen molar-refractivity contribution < 1.29 is 28.9 Å². The summed E-state index contributed by atoms with van der Waals surface area (Å²) in [5.74, 6) is -0.731. The van der Waals surface area contributed by atoms with Crippen LogP contribution < -0.4 is 14.2 Å². The molecule has 1 aromatic heterocycles. The number of methoxy groups -OCH3 is 2. The summed E-state index contributed by atoms with van der Waals surface area (Å²) in [4.78, 5) is 25.1. The van der Waals surface area contributed by atoms with Crippen molar-refractivity contribution in [2.45, 2.75) is 26.4 Å². The molecule has 0 aliphatic heterocycles. The molecule has 9 heteroatoms. The van der Waals surface area contributed by atoms with Gasteiger partial charge in [0.1, 0.15) is 16.9 Å². The fourth-order valence-corrected chi connectivity index (χ4v) is 1.95. The summed E-state index contributed by atoms with van der Waals surface area (Å²) in [5.41, 5.74) is -0.304. The number of hydrogen-bond donors (Lipinski definition) is 1. The lowest BCUT2D eigenvalue weighted by Crippen LogP contribution is -2.15. The van der Waals surface area contributed by atoms with Crippen molar-refractivity contribution in [1.29, 1.82) is 0 Å². The van der Waals surface area contributed by atoms with Crippen molar-refractivity contribution in [1.82, 2.24) is 9.97 Å². The molecule has 0 saturated heterocycles. The van der Waals surface area contributed by atoms with Crippen LogP contribution in [0, 0.1) is 0 Å². The van der Waals surface area contributed by atoms with E-state index in [2.05, 4.69) is 15.1 Å². The lowest BCUT2D eigenvalue weighted by atomic mass is 10.1. The molecule has 0 aliphatic carbocycles. The maximum atomic E-state index is 11.8. The highest BCUT2D eigenvalue weighted by Crippen LogP contribution is 2.28. The first-order chi connectivity index (χ1) is 12.7. The van der Waals surface area contributed by atoms with Gasteiger partial charge >= 0.3 is 12.0 Å². The Bertz CT molecular complexity index is 823. The highest BCUT2D eigenvalue weighted by Gasteiger charge is 2.19. The summed E-state index contributed by atoms with van der Waals surface area (Å²) in [6.07, 6.45) is 1.31. The number of rotatable bonds is 7. The fourth-order valence-electron chi connectivity index (χ4n) is 1.95. The Morgan fingerprint density at radius 2 is 1.78 bits per heavy atom. The molecule has 0 radical (unpaired) electrons. The van der Waals surface area contributed by atoms with Crippen LogP contribution in [-0.2, 0) is 4.84 Å². The Balaban J connectivity index is 2.40. The number of benzene rings is 1. The summed E-state index contributed by atoms with van der Waals surface area (Å²) in [7, 11) is 2.86. The van der Waals surface area contributed by atoms with E-state index in [0.29, 0.717) is 5.56 Å². The van der Waals surface area contributed by atoms with Gasteiger partial charge in [0.2, 0.25) is 11.8 Å². The molecule has 1 aromatic carbocycles. The molecule has 0 unspecified atom stereocenters. The Morgan fingerprint density at radius 3 is 2.30 bits per heavy atom. The van der Waals surface area contributed by atoms with Crippen molar-refractivity contribution in [3.05, 3.63) is 35.4 Å². The molecule has 144 valence electrons. The molecule has 0 spiro atoms. The van der Waals surface area contributed by atoms with E-state index < -0.39 is 11.6 Å². The molecule has 0 aliphatic rings. The van der Waals surface area contributed by atoms with Gasteiger partial charge in [-0.3, -0.25) is 0 Å². The number of hydrogen-bond acceptors (Lipinski definition) is 8. The Morgan fingerprint density at radius 1 is 1.15 bits per heavy atom. The minimum absolute atomic E-state index is 0.0394. The highest BCUT2D eigenvalue weighted by atomic mass is 16.6. The zero-order valence-electron chi connectivity index (χ0n) is 15.7. The van der Waals surface area contributed by atoms with Crippen LogP contribution in [0.2, 0.25) is 0 Å². The Hall–Kier alpha value is -3.36. The van der Waals surface area contributed by atoms with Crippen LogP contribution in [0.5, 0.6) is 23.5 Å². The highest BCUT2D eigenvalue weighted by molar-refractivity contribution is 6.00. The van der Waals surface area contributed by atoms with E-state index in [4.69, 9.17) is 19.0 Å². The quantitative estimate of drug-likeness (QED) is 0.580. The van der Waals surface area contributed by atoms with Gasteiger partial charge in [-0.1, -0.05) is 17.3 Å². The fraction of sp³-hybridized carbons (Fsp3) is 0.333. The van der Waals surface area contributed by atoms with Crippen molar-refractivity contribution in [2.75, 3.05) is 14.2 Å². The largest absolute Gasteiger partial charge is 0.481 e. The van der Waals surface area contributed by atoms with E-state index in [0.717, 1.165) is 0 Å². The van der Waals surface area contributed by atoms with Gasteiger partial charge in [0, 0.05) is 5.56 Å². The van der Waals surface area contributed by atoms with E-state index in [1.807, 2.05) is 20.8 Å². The van der Waals surface area contributed by atoms with Crippen LogP contribution in [0.4, 0.5) is 0 Å². The lowest BCUT2D eigenvalue weighted by molar-refractivity contribution is 0.00199. The molecule has 2 aromatic rings. The molecule has 0 bridgehead atoms. The minimum Gasteiger partial charge on any atom is -0.481 e. The molecule has 9 nitrogen and oxygen atoms in total. The van der Waals surface area contributed by atoms with Crippen LogP contribution in [0.15, 0.2) is 29.4 Å². The second-order valence-corrected chi connectivity index (χ2v) is 6.30. The van der Waals surface area contributed by atoms with Crippen molar-refractivity contribution in [2.24, 2.45) is 5.16 Å². The monoisotopic (exact) mass is 375 g/mol. The van der Waals surface area contributed by atoms with Crippen LogP contribution in [0.1, 0.15) is 36.7 Å². The van der Waals surface area contributed by atoms with Crippen LogP contribution in [0.3, 0.4) is 0 Å². The van der Waals surface area contributed by atoms with Gasteiger partial charge in [-0.15, -0.1) is 0 Å². The SMILES string of the molecule is COc1cc(OC)nc(Oc2cccc(/C=N/OC(C)(C)C)c2C(=O)O)n1. The van der Waals surface area contributed by atoms with Gasteiger partial charge in [-0.2, -0.15) is 9.97 Å². The first kappa shape index (κ1) is 20.0. The van der Waals surface area contributed by atoms with E-state index in [-0.39, 0.29) is 29.1 Å². The first-order valence-corrected chi connectivity index (χ1v) is 7.96. The van der Waals surface area contributed by atoms with Gasteiger partial charge < -0.3 is 24.2 Å². The third-order valence-corrected chi connectivity index (χ3v) is 3.07. The number of oxime groups is 1. The average Bonchev–Trinajstić information content (AvgIpc) is 2.60. The predicted octanol–water partition coefficient (Wildman–Crippen LogP) is 3.13. The smallest absolute Gasteiger partial charge is 0.340 e. The summed E-state index contributed by atoms with van der Waals surface area (Å²) in [6.45, 7) is 5.49. The van der Waals surface area contributed by atoms with E-state index in [9.17, 15) is 9.90 Å². The van der Waals surface area contributed by atoms with E-state index in [1.165, 1.54) is 32.6 Å². The second kappa shape index (κ2) is 8.35. The predicted molar refractivity (Wildman–Crippen MR) is 97.0 cm³/mol.